The van der Waals surface area contributed by atoms with Gasteiger partial charge in [-0.15, -0.1) is 11.3 Å². The minimum atomic E-state index is -4.57. The quantitative estimate of drug-likeness (QED) is 0.221. The van der Waals surface area contributed by atoms with Crippen LogP contribution in [0.25, 0.3) is 16.0 Å². The van der Waals surface area contributed by atoms with Crippen molar-refractivity contribution in [2.45, 2.75) is 32.0 Å². The average Bonchev–Trinajstić information content (AvgIpc) is 3.67. The number of benzene rings is 2. The van der Waals surface area contributed by atoms with Crippen molar-refractivity contribution in [3.8, 4) is 22.2 Å². The molecule has 0 radical (unpaired) electrons. The topological polar surface area (TPSA) is 103 Å². The number of carboxylic acids is 1. The van der Waals surface area contributed by atoms with Crippen LogP contribution in [0.3, 0.4) is 0 Å². The molecule has 1 N–H and O–H groups in total. The van der Waals surface area contributed by atoms with E-state index >= 15 is 0 Å². The Hall–Kier alpha value is -4.26. The zero-order valence-corrected chi connectivity index (χ0v) is 22.8. The summed E-state index contributed by atoms with van der Waals surface area (Å²) in [5.74, 6) is -0.253. The van der Waals surface area contributed by atoms with Crippen LogP contribution in [0.4, 0.5) is 13.2 Å². The van der Waals surface area contributed by atoms with Crippen LogP contribution in [0, 0.1) is 0 Å². The highest BCUT2D eigenvalue weighted by Gasteiger charge is 2.33. The Morgan fingerprint density at radius 1 is 1.12 bits per heavy atom. The molecule has 4 aromatic rings. The summed E-state index contributed by atoms with van der Waals surface area (Å²) in [6.45, 7) is 1.30. The number of likely N-dealkylation sites (tertiary alicyclic amines) is 1. The molecule has 1 saturated heterocycles. The Kier molecular flexibility index (Phi) is 8.06. The highest BCUT2D eigenvalue weighted by Crippen LogP contribution is 2.38. The summed E-state index contributed by atoms with van der Waals surface area (Å²) < 4.78 is 58.8. The van der Waals surface area contributed by atoms with Crippen LogP contribution in [0.15, 0.2) is 48.8 Å². The number of imidazole rings is 1. The molecule has 2 aromatic heterocycles. The molecule has 0 spiro atoms. The molecule has 1 aliphatic rings. The van der Waals surface area contributed by atoms with E-state index in [1.165, 1.54) is 37.7 Å². The zero-order valence-electron chi connectivity index (χ0n) is 21.9. The minimum Gasteiger partial charge on any atom is -0.493 e. The predicted octanol–water partition coefficient (Wildman–Crippen LogP) is 5.78. The second-order valence-corrected chi connectivity index (χ2v) is 10.4. The molecule has 13 heteroatoms. The van der Waals surface area contributed by atoms with E-state index in [0.29, 0.717) is 53.5 Å². The van der Waals surface area contributed by atoms with Gasteiger partial charge in [-0.1, -0.05) is 18.2 Å². The van der Waals surface area contributed by atoms with Gasteiger partial charge in [0.05, 0.1) is 30.3 Å². The summed E-state index contributed by atoms with van der Waals surface area (Å²) in [5, 5.41) is 10.2. The van der Waals surface area contributed by atoms with Gasteiger partial charge in [-0.25, -0.2) is 9.78 Å². The van der Waals surface area contributed by atoms with Gasteiger partial charge in [-0.05, 0) is 18.9 Å². The normalized spacial score (nSPS) is 13.7. The number of rotatable bonds is 11. The molecule has 0 aliphatic carbocycles. The molecule has 3 heterocycles. The summed E-state index contributed by atoms with van der Waals surface area (Å²) >= 11 is 0.904. The fraction of sp³-hybridized carbons (Fsp3) is 0.321. The number of methoxy groups -OCH3 is 1. The number of hydrogen-bond donors (Lipinski definition) is 1. The van der Waals surface area contributed by atoms with Gasteiger partial charge in [-0.3, -0.25) is 9.36 Å². The Labute approximate surface area is 236 Å². The number of hydrogen-bond acceptors (Lipinski definition) is 7. The number of fused-ring (bicyclic) bond motifs is 1. The lowest BCUT2D eigenvalue weighted by atomic mass is 10.1. The van der Waals surface area contributed by atoms with E-state index in [1.807, 2.05) is 4.90 Å². The highest BCUT2D eigenvalue weighted by atomic mass is 32.1. The monoisotopic (exact) mass is 589 g/mol. The number of halogens is 3. The van der Waals surface area contributed by atoms with Crippen molar-refractivity contribution in [3.05, 3.63) is 64.8 Å². The molecule has 0 bridgehead atoms. The summed E-state index contributed by atoms with van der Waals surface area (Å²) in [7, 11) is 1.50. The molecule has 2 aromatic carbocycles. The Morgan fingerprint density at radius 3 is 2.63 bits per heavy atom. The van der Waals surface area contributed by atoms with E-state index in [1.54, 1.807) is 16.7 Å². The van der Waals surface area contributed by atoms with E-state index in [-0.39, 0.29) is 22.1 Å². The number of alkyl halides is 3. The lowest BCUT2D eigenvalue weighted by Crippen LogP contribution is -2.26. The smallest absolute Gasteiger partial charge is 0.416 e. The first kappa shape index (κ1) is 28.3. The Balaban J connectivity index is 1.36. The van der Waals surface area contributed by atoms with E-state index in [0.717, 1.165) is 30.4 Å². The van der Waals surface area contributed by atoms with Crippen LogP contribution >= 0.6 is 11.3 Å². The number of aromatic nitrogens is 2. The van der Waals surface area contributed by atoms with Gasteiger partial charge in [0.25, 0.3) is 0 Å². The molecular weight excluding hydrogens is 563 g/mol. The summed E-state index contributed by atoms with van der Waals surface area (Å²) in [4.78, 5) is 29.8. The molecule has 1 fully saturated rings. The highest BCUT2D eigenvalue weighted by molar-refractivity contribution is 7.16. The third-order valence-electron chi connectivity index (χ3n) is 6.66. The van der Waals surface area contributed by atoms with Crippen molar-refractivity contribution >= 4 is 34.2 Å². The molecule has 5 rings (SSSR count). The first-order valence-corrected chi connectivity index (χ1v) is 13.6. The van der Waals surface area contributed by atoms with E-state index in [4.69, 9.17) is 14.2 Å². The van der Waals surface area contributed by atoms with Gasteiger partial charge in [0.2, 0.25) is 5.91 Å². The molecular formula is C28H26F3N3O6S. The maximum Gasteiger partial charge on any atom is 0.416 e. The number of nitrogens with zero attached hydrogens (tertiary/aromatic N) is 3. The molecule has 41 heavy (non-hydrogen) atoms. The lowest BCUT2D eigenvalue weighted by molar-refractivity contribution is -0.138. The fourth-order valence-corrected chi connectivity index (χ4v) is 5.58. The van der Waals surface area contributed by atoms with Crippen molar-refractivity contribution in [1.29, 1.82) is 0 Å². The van der Waals surface area contributed by atoms with Crippen molar-refractivity contribution in [2.24, 2.45) is 0 Å². The molecule has 216 valence electrons. The number of aromatic carboxylic acids is 1. The third kappa shape index (κ3) is 6.09. The number of thiophene rings is 1. The van der Waals surface area contributed by atoms with Crippen molar-refractivity contribution in [2.75, 3.05) is 26.8 Å². The van der Waals surface area contributed by atoms with Crippen molar-refractivity contribution in [3.63, 3.8) is 0 Å². The molecule has 0 unspecified atom stereocenters. The second-order valence-electron chi connectivity index (χ2n) is 9.32. The van der Waals surface area contributed by atoms with Crippen LogP contribution < -0.4 is 14.2 Å². The molecule has 0 saturated carbocycles. The van der Waals surface area contributed by atoms with Gasteiger partial charge in [-0.2, -0.15) is 13.2 Å². The largest absolute Gasteiger partial charge is 0.493 e. The molecule has 1 amide bonds. The standard InChI is InChI=1S/C28H26F3N3O6S/c1-38-21-13-20-19(12-22(21)39-11-5-10-33-9-4-8-24(33)35)32-16-34(20)25-14-23(26(41-25)27(36)37)40-15-17-6-2-3-7-18(17)28(29,30)31/h2-3,6-7,12-14,16H,4-5,8-11,15H2,1H3,(H,36,37). The molecule has 0 atom stereocenters. The first-order chi connectivity index (χ1) is 19.7. The average molecular weight is 590 g/mol. The van der Waals surface area contributed by atoms with Crippen LogP contribution in [0.1, 0.15) is 40.1 Å². The third-order valence-corrected chi connectivity index (χ3v) is 7.76. The van der Waals surface area contributed by atoms with Crippen molar-refractivity contribution in [1.82, 2.24) is 14.5 Å². The maximum absolute atomic E-state index is 13.4. The van der Waals surface area contributed by atoms with Crippen LogP contribution in [-0.4, -0.2) is 58.2 Å². The molecule has 9 nitrogen and oxygen atoms in total. The Bertz CT molecular complexity index is 1580. The van der Waals surface area contributed by atoms with Crippen LogP contribution in [0.5, 0.6) is 17.2 Å². The summed E-state index contributed by atoms with van der Waals surface area (Å²) in [6.07, 6.45) is -0.937. The number of carbonyl (C=O) groups is 2. The van der Waals surface area contributed by atoms with Gasteiger partial charge in [0.15, 0.2) is 16.4 Å². The Morgan fingerprint density at radius 2 is 1.93 bits per heavy atom. The second kappa shape index (κ2) is 11.7. The van der Waals surface area contributed by atoms with Crippen molar-refractivity contribution < 1.29 is 42.1 Å². The van der Waals surface area contributed by atoms with E-state index < -0.39 is 24.3 Å². The number of carbonyl (C=O) groups excluding carboxylic acids is 1. The van der Waals surface area contributed by atoms with Gasteiger partial charge >= 0.3 is 12.1 Å². The van der Waals surface area contributed by atoms with E-state index in [9.17, 15) is 27.9 Å². The summed E-state index contributed by atoms with van der Waals surface area (Å²) in [6, 6.07) is 9.86. The maximum atomic E-state index is 13.4. The van der Waals surface area contributed by atoms with E-state index in [2.05, 4.69) is 4.98 Å². The fourth-order valence-electron chi connectivity index (χ4n) is 4.66. The van der Waals surface area contributed by atoms with Crippen LogP contribution in [-0.2, 0) is 17.6 Å². The van der Waals surface area contributed by atoms with Gasteiger partial charge in [0, 0.05) is 43.3 Å². The zero-order chi connectivity index (χ0) is 29.1. The summed E-state index contributed by atoms with van der Waals surface area (Å²) in [5.41, 5.74) is 0.204. The number of carboxylic acid groups (broad SMARTS) is 1. The first-order valence-electron chi connectivity index (χ1n) is 12.8. The number of amides is 1. The van der Waals surface area contributed by atoms with Gasteiger partial charge in [0.1, 0.15) is 23.7 Å². The SMILES string of the molecule is COc1cc2c(cc1OCCCN1CCCC1=O)ncn2-c1cc(OCc2ccccc2C(F)(F)F)c(C(=O)O)s1. The van der Waals surface area contributed by atoms with Crippen LogP contribution in [0.2, 0.25) is 0 Å². The van der Waals surface area contributed by atoms with Gasteiger partial charge < -0.3 is 24.2 Å². The predicted molar refractivity (Wildman–Crippen MR) is 144 cm³/mol. The number of ether oxygens (including phenoxy) is 3. The minimum absolute atomic E-state index is 0.0558. The lowest BCUT2D eigenvalue weighted by Gasteiger charge is -2.16. The molecule has 1 aliphatic heterocycles.